The van der Waals surface area contributed by atoms with Gasteiger partial charge in [-0.1, -0.05) is 20.8 Å². The third-order valence-corrected chi connectivity index (χ3v) is 1.95. The molecule has 1 heteroatoms. The summed E-state index contributed by atoms with van der Waals surface area (Å²) in [5, 5.41) is 0. The van der Waals surface area contributed by atoms with Crippen LogP contribution in [0.1, 0.15) is 45.8 Å². The van der Waals surface area contributed by atoms with Crippen LogP contribution >= 0.6 is 0 Å². The Morgan fingerprint density at radius 2 is 2.00 bits per heavy atom. The van der Waals surface area contributed by atoms with Crippen molar-refractivity contribution in [1.29, 1.82) is 0 Å². The van der Waals surface area contributed by atoms with Crippen LogP contribution in [-0.4, -0.2) is 0 Å². The minimum atomic E-state index is -2.33. The van der Waals surface area contributed by atoms with Gasteiger partial charge in [-0.2, -0.15) is 0 Å². The Labute approximate surface area is 89.8 Å². The molecule has 0 saturated carbocycles. The van der Waals surface area contributed by atoms with Gasteiger partial charge < -0.3 is 0 Å². The van der Waals surface area contributed by atoms with Gasteiger partial charge in [-0.25, -0.2) is 4.57 Å². The zero-order chi connectivity index (χ0) is 15.2. The lowest BCUT2D eigenvalue weighted by molar-refractivity contribution is -0.683. The summed E-state index contributed by atoms with van der Waals surface area (Å²) in [5.74, 6) is 0. The average Bonchev–Trinajstić information content (AvgIpc) is 2.11. The highest BCUT2D eigenvalue weighted by molar-refractivity contribution is 5.23. The molecular weight excluding hydrogens is 158 g/mol. The van der Waals surface area contributed by atoms with Crippen molar-refractivity contribution in [3.63, 3.8) is 0 Å². The van der Waals surface area contributed by atoms with Crippen molar-refractivity contribution in [3.05, 3.63) is 29.1 Å². The maximum Gasteiger partial charge on any atom is 0.189 e. The maximum absolute atomic E-state index is 7.63. The van der Waals surface area contributed by atoms with E-state index >= 15 is 0 Å². The summed E-state index contributed by atoms with van der Waals surface area (Å²) in [6.07, 6.45) is 1.49. The molecule has 0 saturated heterocycles. The van der Waals surface area contributed by atoms with Crippen LogP contribution in [0, 0.1) is 13.7 Å². The van der Waals surface area contributed by atoms with Crippen LogP contribution in [0.4, 0.5) is 0 Å². The van der Waals surface area contributed by atoms with Crippen LogP contribution in [-0.2, 0) is 12.5 Å². The van der Waals surface area contributed by atoms with E-state index in [9.17, 15) is 0 Å². The monoisotopic (exact) mass is 184 g/mol. The molecular formula is C12H20N+. The van der Waals surface area contributed by atoms with Crippen LogP contribution in [0.25, 0.3) is 0 Å². The molecule has 1 rings (SSSR count). The van der Waals surface area contributed by atoms with E-state index in [4.69, 9.17) is 8.22 Å². The van der Waals surface area contributed by atoms with Crippen molar-refractivity contribution in [2.45, 2.75) is 39.9 Å². The zero-order valence-corrected chi connectivity index (χ0v) is 8.60. The fourth-order valence-corrected chi connectivity index (χ4v) is 1.66. The summed E-state index contributed by atoms with van der Waals surface area (Å²) in [4.78, 5) is 0. The third-order valence-electron chi connectivity index (χ3n) is 1.95. The quantitative estimate of drug-likeness (QED) is 0.545. The van der Waals surface area contributed by atoms with Crippen molar-refractivity contribution in [1.82, 2.24) is 0 Å². The van der Waals surface area contributed by atoms with Gasteiger partial charge in [-0.15, -0.1) is 0 Å². The molecule has 0 aromatic carbocycles. The molecule has 13 heavy (non-hydrogen) atoms. The van der Waals surface area contributed by atoms with Crippen molar-refractivity contribution in [2.75, 3.05) is 0 Å². The first-order valence-corrected chi connectivity index (χ1v) is 4.30. The number of pyridine rings is 1. The highest BCUT2D eigenvalue weighted by Crippen LogP contribution is 2.21. The molecule has 0 spiro atoms. The molecule has 72 valence electrons. The van der Waals surface area contributed by atoms with Crippen LogP contribution < -0.4 is 4.57 Å². The molecule has 0 bridgehead atoms. The van der Waals surface area contributed by atoms with E-state index in [1.54, 1.807) is 11.6 Å². The first kappa shape index (κ1) is 4.59. The smallest absolute Gasteiger partial charge is 0.189 e. The van der Waals surface area contributed by atoms with Gasteiger partial charge in [0, 0.05) is 24.8 Å². The van der Waals surface area contributed by atoms with Gasteiger partial charge in [0.15, 0.2) is 11.9 Å². The first-order chi connectivity index (χ1) is 8.24. The predicted molar refractivity (Wildman–Crippen MR) is 55.8 cm³/mol. The maximum atomic E-state index is 7.63. The molecule has 0 atom stereocenters. The Morgan fingerprint density at radius 3 is 2.46 bits per heavy atom. The third kappa shape index (κ3) is 2.09. The number of aromatic nitrogens is 1. The second-order valence-corrected chi connectivity index (χ2v) is 4.35. The summed E-state index contributed by atoms with van der Waals surface area (Å²) in [6, 6.07) is 1.29. The SMILES string of the molecule is [2H]C([2H])([2H])c1cc(C([2H])([2H])[2H])c(C(C)(C)C)[n+](C)c1. The highest BCUT2D eigenvalue weighted by Gasteiger charge is 2.25. The second-order valence-electron chi connectivity index (χ2n) is 4.35. The summed E-state index contributed by atoms with van der Waals surface area (Å²) in [5.41, 5.74) is 0.400. The average molecular weight is 184 g/mol. The van der Waals surface area contributed by atoms with E-state index in [2.05, 4.69) is 0 Å². The van der Waals surface area contributed by atoms with Crippen LogP contribution in [0.5, 0.6) is 0 Å². The largest absolute Gasteiger partial charge is 0.204 e. The van der Waals surface area contributed by atoms with Crippen molar-refractivity contribution >= 4 is 0 Å². The van der Waals surface area contributed by atoms with E-state index < -0.39 is 13.7 Å². The molecule has 0 radical (unpaired) electrons. The van der Waals surface area contributed by atoms with Gasteiger partial charge in [0.25, 0.3) is 0 Å². The standard InChI is InChI=1S/C12H20N/c1-9-7-10(2)11(12(3,4)5)13(6)8-9/h7-8H,1-6H3/q+1/i1D3,2D3. The van der Waals surface area contributed by atoms with Gasteiger partial charge in [-0.3, -0.25) is 0 Å². The minimum Gasteiger partial charge on any atom is -0.204 e. The van der Waals surface area contributed by atoms with Crippen LogP contribution in [0.2, 0.25) is 0 Å². The Morgan fingerprint density at radius 1 is 1.31 bits per heavy atom. The fraction of sp³-hybridized carbons (Fsp3) is 0.583. The number of aryl methyl sites for hydroxylation is 3. The molecule has 1 heterocycles. The zero-order valence-electron chi connectivity index (χ0n) is 14.6. The van der Waals surface area contributed by atoms with E-state index in [0.29, 0.717) is 5.69 Å². The molecule has 0 N–H and O–H groups in total. The molecule has 1 aromatic rings. The van der Waals surface area contributed by atoms with Gasteiger partial charge >= 0.3 is 0 Å². The molecule has 0 aliphatic rings. The number of rotatable bonds is 0. The van der Waals surface area contributed by atoms with E-state index in [1.807, 2.05) is 20.8 Å². The lowest BCUT2D eigenvalue weighted by atomic mass is 9.88. The Bertz CT molecular complexity index is 479. The summed E-state index contributed by atoms with van der Waals surface area (Å²) in [7, 11) is 1.69. The Kier molecular flexibility index (Phi) is 1.10. The fourth-order valence-electron chi connectivity index (χ4n) is 1.66. The van der Waals surface area contributed by atoms with E-state index in [1.165, 1.54) is 12.3 Å². The van der Waals surface area contributed by atoms with Crippen molar-refractivity contribution in [2.24, 2.45) is 7.05 Å². The topological polar surface area (TPSA) is 3.88 Å². The molecule has 0 amide bonds. The Balaban J connectivity index is 3.68. The highest BCUT2D eigenvalue weighted by atomic mass is 14.9. The number of hydrogen-bond acceptors (Lipinski definition) is 0. The van der Waals surface area contributed by atoms with E-state index in [0.717, 1.165) is 0 Å². The van der Waals surface area contributed by atoms with Crippen molar-refractivity contribution < 1.29 is 12.8 Å². The minimum absolute atomic E-state index is 0.0501. The lowest BCUT2D eigenvalue weighted by Crippen LogP contribution is -2.40. The van der Waals surface area contributed by atoms with E-state index in [-0.39, 0.29) is 16.5 Å². The van der Waals surface area contributed by atoms with Gasteiger partial charge in [-0.05, 0) is 19.8 Å². The number of hydrogen-bond donors (Lipinski definition) is 0. The Hall–Kier alpha value is -0.850. The molecule has 1 aromatic heterocycles. The molecule has 0 aliphatic carbocycles. The van der Waals surface area contributed by atoms with Crippen LogP contribution in [0.15, 0.2) is 12.3 Å². The van der Waals surface area contributed by atoms with Gasteiger partial charge in [0.2, 0.25) is 0 Å². The van der Waals surface area contributed by atoms with Gasteiger partial charge in [0.1, 0.15) is 7.05 Å². The molecule has 0 aliphatic heterocycles. The summed E-state index contributed by atoms with van der Waals surface area (Å²) < 4.78 is 46.8. The first-order valence-electron chi connectivity index (χ1n) is 7.30. The molecule has 0 unspecified atom stereocenters. The number of nitrogens with zero attached hydrogens (tertiary/aromatic N) is 1. The summed E-state index contributed by atoms with van der Waals surface area (Å²) in [6.45, 7) is 1.08. The predicted octanol–water partition coefficient (Wildman–Crippen LogP) is 2.43. The lowest BCUT2D eigenvalue weighted by Gasteiger charge is -2.18. The normalized spacial score (nSPS) is 20.6. The molecule has 0 fully saturated rings. The molecule has 1 nitrogen and oxygen atoms in total. The van der Waals surface area contributed by atoms with Crippen LogP contribution in [0.3, 0.4) is 0 Å². The second kappa shape index (κ2) is 3.13. The van der Waals surface area contributed by atoms with Crippen molar-refractivity contribution in [3.8, 4) is 0 Å². The van der Waals surface area contributed by atoms with Gasteiger partial charge in [0.05, 0.1) is 0 Å². The summed E-state index contributed by atoms with van der Waals surface area (Å²) >= 11 is 0.